The molecule has 242 valence electrons. The van der Waals surface area contributed by atoms with Gasteiger partial charge in [0.2, 0.25) is 0 Å². The standard InChI is InChI=1S/C41H60O3/c1-32(2)14-8-15-33(3)20-11-23-37(31-42)24-12-21-35(5)18-9-16-34(4)17-10-19-36(6)22-13-28-41(7)29-27-38-30-39(43)25-26-40(38)44-41/h14,17-18,20,22,24-27,29-30,42-43H,8-13,15-16,19,21,23,28,31H2,1-7H3. The van der Waals surface area contributed by atoms with Crippen LogP contribution in [-0.4, -0.2) is 22.4 Å². The van der Waals surface area contributed by atoms with Crippen LogP contribution < -0.4 is 4.74 Å². The van der Waals surface area contributed by atoms with Crippen molar-refractivity contribution in [1.29, 1.82) is 0 Å². The van der Waals surface area contributed by atoms with Crippen molar-refractivity contribution in [1.82, 2.24) is 0 Å². The molecule has 1 atom stereocenters. The van der Waals surface area contributed by atoms with Gasteiger partial charge < -0.3 is 14.9 Å². The third-order valence-electron chi connectivity index (χ3n) is 8.37. The van der Waals surface area contributed by atoms with Crippen LogP contribution in [0.2, 0.25) is 0 Å². The Morgan fingerprint density at radius 1 is 0.682 bits per heavy atom. The maximum Gasteiger partial charge on any atom is 0.128 e. The predicted octanol–water partition coefficient (Wildman–Crippen LogP) is 11.9. The average Bonchev–Trinajstić information content (AvgIpc) is 2.96. The fraction of sp³-hybridized carbons (Fsp3) is 0.512. The molecule has 1 aliphatic heterocycles. The van der Waals surface area contributed by atoms with E-state index >= 15 is 0 Å². The number of rotatable bonds is 19. The highest BCUT2D eigenvalue weighted by Gasteiger charge is 2.26. The minimum Gasteiger partial charge on any atom is -0.508 e. The number of phenolic OH excluding ortho intramolecular Hbond substituents is 1. The van der Waals surface area contributed by atoms with Gasteiger partial charge in [-0.15, -0.1) is 0 Å². The molecule has 3 heteroatoms. The number of benzene rings is 1. The first kappa shape index (κ1) is 37.1. The van der Waals surface area contributed by atoms with Gasteiger partial charge in [-0.25, -0.2) is 0 Å². The molecule has 0 aliphatic carbocycles. The van der Waals surface area contributed by atoms with Gasteiger partial charge in [0, 0.05) is 5.56 Å². The third-order valence-corrected chi connectivity index (χ3v) is 8.37. The highest BCUT2D eigenvalue weighted by Crippen LogP contribution is 2.35. The number of ether oxygens (including phenoxy) is 1. The average molecular weight is 601 g/mol. The highest BCUT2D eigenvalue weighted by molar-refractivity contribution is 5.62. The first-order valence-corrected chi connectivity index (χ1v) is 16.8. The van der Waals surface area contributed by atoms with Gasteiger partial charge in [0.15, 0.2) is 0 Å². The van der Waals surface area contributed by atoms with Crippen LogP contribution in [0.15, 0.2) is 94.2 Å². The molecular weight excluding hydrogens is 540 g/mol. The highest BCUT2D eigenvalue weighted by atomic mass is 16.5. The molecule has 0 saturated carbocycles. The van der Waals surface area contributed by atoms with Gasteiger partial charge in [-0.2, -0.15) is 0 Å². The largest absolute Gasteiger partial charge is 0.508 e. The van der Waals surface area contributed by atoms with Crippen molar-refractivity contribution >= 4 is 6.08 Å². The summed E-state index contributed by atoms with van der Waals surface area (Å²) in [5, 5.41) is 19.5. The molecule has 0 saturated heterocycles. The van der Waals surface area contributed by atoms with E-state index in [1.165, 1.54) is 27.9 Å². The van der Waals surface area contributed by atoms with E-state index in [0.717, 1.165) is 93.9 Å². The monoisotopic (exact) mass is 600 g/mol. The van der Waals surface area contributed by atoms with E-state index in [4.69, 9.17) is 4.74 Å². The molecule has 1 aromatic carbocycles. The Labute approximate surface area is 269 Å². The summed E-state index contributed by atoms with van der Waals surface area (Å²) in [5.41, 5.74) is 8.94. The minimum atomic E-state index is -0.317. The van der Waals surface area contributed by atoms with Crippen LogP contribution in [0.4, 0.5) is 0 Å². The number of aliphatic hydroxyl groups is 1. The van der Waals surface area contributed by atoms with Crippen molar-refractivity contribution in [2.75, 3.05) is 6.61 Å². The van der Waals surface area contributed by atoms with E-state index in [-0.39, 0.29) is 18.0 Å². The molecular formula is C41H60O3. The van der Waals surface area contributed by atoms with Crippen LogP contribution in [0.5, 0.6) is 11.5 Å². The number of aliphatic hydroxyl groups excluding tert-OH is 1. The molecule has 0 radical (unpaired) electrons. The van der Waals surface area contributed by atoms with E-state index in [1.54, 1.807) is 12.1 Å². The van der Waals surface area contributed by atoms with Gasteiger partial charge in [0.25, 0.3) is 0 Å². The van der Waals surface area contributed by atoms with E-state index in [1.807, 2.05) is 6.07 Å². The van der Waals surface area contributed by atoms with Gasteiger partial charge in [-0.1, -0.05) is 70.4 Å². The lowest BCUT2D eigenvalue weighted by Crippen LogP contribution is -2.31. The van der Waals surface area contributed by atoms with Gasteiger partial charge >= 0.3 is 0 Å². The zero-order chi connectivity index (χ0) is 32.4. The molecule has 0 spiro atoms. The Morgan fingerprint density at radius 3 is 1.73 bits per heavy atom. The molecule has 1 aromatic rings. The van der Waals surface area contributed by atoms with Gasteiger partial charge in [0.05, 0.1) is 6.61 Å². The second kappa shape index (κ2) is 20.1. The molecule has 0 amide bonds. The number of allylic oxidation sites excluding steroid dienone is 11. The molecule has 0 fully saturated rings. The van der Waals surface area contributed by atoms with Crippen molar-refractivity contribution in [2.24, 2.45) is 0 Å². The second-order valence-corrected chi connectivity index (χ2v) is 13.2. The first-order valence-electron chi connectivity index (χ1n) is 16.8. The molecule has 0 bridgehead atoms. The van der Waals surface area contributed by atoms with E-state index in [9.17, 15) is 10.2 Å². The molecule has 0 aromatic heterocycles. The van der Waals surface area contributed by atoms with Crippen molar-refractivity contribution < 1.29 is 14.9 Å². The summed E-state index contributed by atoms with van der Waals surface area (Å²) in [6.45, 7) is 15.5. The van der Waals surface area contributed by atoms with E-state index in [0.29, 0.717) is 0 Å². The zero-order valence-electron chi connectivity index (χ0n) is 28.8. The van der Waals surface area contributed by atoms with Crippen LogP contribution in [0, 0.1) is 0 Å². The van der Waals surface area contributed by atoms with Crippen molar-refractivity contribution in [3.63, 3.8) is 0 Å². The van der Waals surface area contributed by atoms with Crippen molar-refractivity contribution in [2.45, 2.75) is 131 Å². The lowest BCUT2D eigenvalue weighted by atomic mass is 9.94. The Morgan fingerprint density at radius 2 is 1.18 bits per heavy atom. The molecule has 2 N–H and O–H groups in total. The molecule has 1 unspecified atom stereocenters. The smallest absolute Gasteiger partial charge is 0.128 e. The van der Waals surface area contributed by atoms with Gasteiger partial charge in [0.1, 0.15) is 17.1 Å². The van der Waals surface area contributed by atoms with Crippen LogP contribution in [0.3, 0.4) is 0 Å². The maximum atomic E-state index is 9.78. The molecule has 44 heavy (non-hydrogen) atoms. The molecule has 1 heterocycles. The maximum absolute atomic E-state index is 9.78. The SMILES string of the molecule is CC(C)=CCCC(C)=CCCC(=CCCC(C)=CCCC(C)=CCCC(C)=CCCC1(C)C=Cc2cc(O)ccc2O1)CO. The van der Waals surface area contributed by atoms with Gasteiger partial charge in [-0.3, -0.25) is 0 Å². The Hall–Kier alpha value is -3.04. The normalized spacial score (nSPS) is 17.9. The van der Waals surface area contributed by atoms with Gasteiger partial charge in [-0.05, 0) is 155 Å². The topological polar surface area (TPSA) is 49.7 Å². The van der Waals surface area contributed by atoms with Crippen molar-refractivity contribution in [3.8, 4) is 11.5 Å². The van der Waals surface area contributed by atoms with E-state index < -0.39 is 0 Å². The summed E-state index contributed by atoms with van der Waals surface area (Å²) in [5.74, 6) is 1.10. The molecule has 3 nitrogen and oxygen atoms in total. The number of hydrogen-bond donors (Lipinski definition) is 2. The molecule has 2 rings (SSSR count). The number of hydrogen-bond acceptors (Lipinski definition) is 3. The minimum absolute atomic E-state index is 0.166. The number of fused-ring (bicyclic) bond motifs is 1. The summed E-state index contributed by atoms with van der Waals surface area (Å²) in [7, 11) is 0. The van der Waals surface area contributed by atoms with Crippen LogP contribution in [0.25, 0.3) is 6.08 Å². The summed E-state index contributed by atoms with van der Waals surface area (Å²) in [6.07, 6.45) is 30.7. The predicted molar refractivity (Wildman–Crippen MR) is 191 cm³/mol. The summed E-state index contributed by atoms with van der Waals surface area (Å²) < 4.78 is 6.24. The second-order valence-electron chi connectivity index (χ2n) is 13.2. The summed E-state index contributed by atoms with van der Waals surface area (Å²) in [6, 6.07) is 5.27. The quantitative estimate of drug-likeness (QED) is 0.155. The number of aromatic hydroxyl groups is 1. The van der Waals surface area contributed by atoms with Crippen LogP contribution in [-0.2, 0) is 0 Å². The fourth-order valence-electron chi connectivity index (χ4n) is 5.39. The summed E-state index contributed by atoms with van der Waals surface area (Å²) >= 11 is 0. The molecule has 1 aliphatic rings. The van der Waals surface area contributed by atoms with Crippen LogP contribution in [0.1, 0.15) is 131 Å². The Balaban J connectivity index is 1.64. The Bertz CT molecular complexity index is 1250. The lowest BCUT2D eigenvalue weighted by molar-refractivity contribution is 0.128. The summed E-state index contributed by atoms with van der Waals surface area (Å²) in [4.78, 5) is 0. The Kier molecular flexibility index (Phi) is 17.0. The van der Waals surface area contributed by atoms with Crippen LogP contribution >= 0.6 is 0 Å². The lowest BCUT2D eigenvalue weighted by Gasteiger charge is -2.31. The third kappa shape index (κ3) is 15.6. The zero-order valence-corrected chi connectivity index (χ0v) is 28.8. The first-order chi connectivity index (χ1) is 21.0. The van der Waals surface area contributed by atoms with Crippen molar-refractivity contribution in [3.05, 3.63) is 99.7 Å². The number of phenols is 1. The fourth-order valence-corrected chi connectivity index (χ4v) is 5.39. The van der Waals surface area contributed by atoms with E-state index in [2.05, 4.69) is 97.1 Å².